The largest absolute Gasteiger partial charge is 0.381 e. The van der Waals surface area contributed by atoms with Gasteiger partial charge in [-0.3, -0.25) is 4.40 Å². The molecule has 2 aliphatic rings. The molecule has 0 radical (unpaired) electrons. The maximum atomic E-state index is 5.51. The van der Waals surface area contributed by atoms with E-state index in [9.17, 15) is 0 Å². The summed E-state index contributed by atoms with van der Waals surface area (Å²) in [6.45, 7) is 4.92. The van der Waals surface area contributed by atoms with Gasteiger partial charge in [-0.2, -0.15) is 0 Å². The van der Waals surface area contributed by atoms with Crippen molar-refractivity contribution in [3.63, 3.8) is 0 Å². The molecule has 4 rings (SSSR count). The van der Waals surface area contributed by atoms with E-state index in [0.717, 1.165) is 43.0 Å². The van der Waals surface area contributed by atoms with E-state index >= 15 is 0 Å². The molecule has 0 unspecified atom stereocenters. The predicted molar refractivity (Wildman–Crippen MR) is 79.4 cm³/mol. The predicted octanol–water partition coefficient (Wildman–Crippen LogP) is 1.83. The molecule has 2 aromatic heterocycles. The van der Waals surface area contributed by atoms with Gasteiger partial charge in [-0.15, -0.1) is 10.2 Å². The molecule has 6 nitrogen and oxygen atoms in total. The fraction of sp³-hybridized carbons (Fsp3) is 0.667. The molecule has 21 heavy (non-hydrogen) atoms. The number of hydrogen-bond donors (Lipinski definition) is 0. The van der Waals surface area contributed by atoms with Crippen LogP contribution in [-0.4, -0.2) is 45.4 Å². The van der Waals surface area contributed by atoms with Gasteiger partial charge in [0.1, 0.15) is 18.0 Å². The Bertz CT molecular complexity index is 634. The van der Waals surface area contributed by atoms with Crippen LogP contribution in [0, 0.1) is 12.8 Å². The van der Waals surface area contributed by atoms with Crippen LogP contribution in [0.25, 0.3) is 5.65 Å². The van der Waals surface area contributed by atoms with Crippen molar-refractivity contribution in [2.24, 2.45) is 5.92 Å². The average molecular weight is 287 g/mol. The van der Waals surface area contributed by atoms with Crippen LogP contribution in [0.3, 0.4) is 0 Å². The van der Waals surface area contributed by atoms with Crippen molar-refractivity contribution >= 4 is 11.5 Å². The summed E-state index contributed by atoms with van der Waals surface area (Å²) in [5, 5.41) is 8.15. The molecular weight excluding hydrogens is 266 g/mol. The van der Waals surface area contributed by atoms with Crippen molar-refractivity contribution in [2.75, 3.05) is 24.7 Å². The third-order valence-corrected chi connectivity index (χ3v) is 4.86. The highest BCUT2D eigenvalue weighted by Crippen LogP contribution is 2.33. The van der Waals surface area contributed by atoms with Crippen LogP contribution in [0.4, 0.5) is 5.82 Å². The van der Waals surface area contributed by atoms with Gasteiger partial charge < -0.3 is 9.64 Å². The van der Waals surface area contributed by atoms with E-state index in [2.05, 4.69) is 21.2 Å². The van der Waals surface area contributed by atoms with Crippen molar-refractivity contribution in [1.82, 2.24) is 19.6 Å². The second kappa shape index (κ2) is 5.26. The zero-order chi connectivity index (χ0) is 14.2. The van der Waals surface area contributed by atoms with Crippen LogP contribution in [0.5, 0.6) is 0 Å². The molecule has 0 amide bonds. The van der Waals surface area contributed by atoms with Crippen LogP contribution >= 0.6 is 0 Å². The Hall–Kier alpha value is -1.69. The maximum Gasteiger partial charge on any atom is 0.165 e. The lowest BCUT2D eigenvalue weighted by molar-refractivity contribution is 0.0588. The Balaban J connectivity index is 1.66. The zero-order valence-corrected chi connectivity index (χ0v) is 12.4. The second-order valence-corrected chi connectivity index (χ2v) is 6.07. The van der Waals surface area contributed by atoms with Gasteiger partial charge in [0.15, 0.2) is 5.65 Å². The number of anilines is 1. The molecule has 2 aliphatic heterocycles. The lowest BCUT2D eigenvalue weighted by Crippen LogP contribution is -2.39. The minimum absolute atomic E-state index is 0.603. The minimum atomic E-state index is 0.603. The number of ether oxygens (including phenoxy) is 1. The van der Waals surface area contributed by atoms with E-state index in [-0.39, 0.29) is 0 Å². The Morgan fingerprint density at radius 1 is 1.24 bits per heavy atom. The molecule has 6 heteroatoms. The average Bonchev–Trinajstić information content (AvgIpc) is 3.17. The summed E-state index contributed by atoms with van der Waals surface area (Å²) in [6.07, 6.45) is 6.59. The van der Waals surface area contributed by atoms with Crippen molar-refractivity contribution in [3.05, 3.63) is 18.2 Å². The third-order valence-electron chi connectivity index (χ3n) is 4.86. The first-order valence-corrected chi connectivity index (χ1v) is 7.85. The highest BCUT2D eigenvalue weighted by molar-refractivity contribution is 5.52. The molecule has 0 saturated carbocycles. The number of aryl methyl sites for hydroxylation is 1. The number of aromatic nitrogens is 4. The summed E-state index contributed by atoms with van der Waals surface area (Å²) < 4.78 is 7.44. The van der Waals surface area contributed by atoms with Gasteiger partial charge in [-0.25, -0.2) is 4.98 Å². The third kappa shape index (κ3) is 2.27. The van der Waals surface area contributed by atoms with Crippen molar-refractivity contribution in [2.45, 2.75) is 38.6 Å². The summed E-state index contributed by atoms with van der Waals surface area (Å²) >= 11 is 0. The molecule has 1 atom stereocenters. The smallest absolute Gasteiger partial charge is 0.165 e. The van der Waals surface area contributed by atoms with Crippen LogP contribution < -0.4 is 4.90 Å². The molecule has 0 spiro atoms. The first-order valence-electron chi connectivity index (χ1n) is 7.85. The Kier molecular flexibility index (Phi) is 3.25. The van der Waals surface area contributed by atoms with E-state index in [1.165, 1.54) is 25.7 Å². The second-order valence-electron chi connectivity index (χ2n) is 6.07. The number of fused-ring (bicyclic) bond motifs is 1. The van der Waals surface area contributed by atoms with Crippen molar-refractivity contribution in [1.29, 1.82) is 0 Å². The van der Waals surface area contributed by atoms with E-state index in [0.29, 0.717) is 6.04 Å². The van der Waals surface area contributed by atoms with E-state index < -0.39 is 0 Å². The Labute approximate surface area is 124 Å². The van der Waals surface area contributed by atoms with Gasteiger partial charge in [0.05, 0.1) is 0 Å². The molecule has 0 N–H and O–H groups in total. The van der Waals surface area contributed by atoms with Gasteiger partial charge in [0, 0.05) is 31.9 Å². The first kappa shape index (κ1) is 13.0. The Morgan fingerprint density at radius 3 is 2.95 bits per heavy atom. The zero-order valence-electron chi connectivity index (χ0n) is 12.4. The van der Waals surface area contributed by atoms with Crippen molar-refractivity contribution in [3.8, 4) is 0 Å². The van der Waals surface area contributed by atoms with E-state index in [4.69, 9.17) is 9.72 Å². The van der Waals surface area contributed by atoms with Gasteiger partial charge in [-0.05, 0) is 38.5 Å². The fourth-order valence-corrected chi connectivity index (χ4v) is 3.77. The molecule has 0 aliphatic carbocycles. The molecular formula is C15H21N5O. The molecule has 4 heterocycles. The maximum absolute atomic E-state index is 5.51. The standard InChI is InChI=1S/C15H21N5O/c1-11-17-14(9-15-18-16-10-20(11)15)19-6-2-3-13(19)12-4-7-21-8-5-12/h9-10,12-13H,2-8H2,1H3/t13-/m0/s1. The van der Waals surface area contributed by atoms with Crippen LogP contribution in [0.1, 0.15) is 31.5 Å². The lowest BCUT2D eigenvalue weighted by Gasteiger charge is -2.34. The topological polar surface area (TPSA) is 55.5 Å². The number of nitrogens with zero attached hydrogens (tertiary/aromatic N) is 5. The molecule has 0 bridgehead atoms. The highest BCUT2D eigenvalue weighted by atomic mass is 16.5. The van der Waals surface area contributed by atoms with Gasteiger partial charge in [0.2, 0.25) is 0 Å². The first-order chi connectivity index (χ1) is 10.3. The fourth-order valence-electron chi connectivity index (χ4n) is 3.77. The normalized spacial score (nSPS) is 24.0. The molecule has 112 valence electrons. The molecule has 2 aromatic rings. The Morgan fingerprint density at radius 2 is 2.10 bits per heavy atom. The summed E-state index contributed by atoms with van der Waals surface area (Å²) in [5.74, 6) is 2.74. The summed E-state index contributed by atoms with van der Waals surface area (Å²) in [6, 6.07) is 2.67. The van der Waals surface area contributed by atoms with Gasteiger partial charge in [0.25, 0.3) is 0 Å². The molecule has 2 saturated heterocycles. The quantitative estimate of drug-likeness (QED) is 0.843. The highest BCUT2D eigenvalue weighted by Gasteiger charge is 2.33. The van der Waals surface area contributed by atoms with E-state index in [1.54, 1.807) is 6.33 Å². The summed E-state index contributed by atoms with van der Waals surface area (Å²) in [4.78, 5) is 7.26. The number of rotatable bonds is 2. The SMILES string of the molecule is Cc1nc(N2CCC[C@H]2C2CCOCC2)cc2nncn12. The molecule has 2 fully saturated rings. The summed E-state index contributed by atoms with van der Waals surface area (Å²) in [5.41, 5.74) is 0.884. The minimum Gasteiger partial charge on any atom is -0.381 e. The van der Waals surface area contributed by atoms with Gasteiger partial charge >= 0.3 is 0 Å². The van der Waals surface area contributed by atoms with Gasteiger partial charge in [-0.1, -0.05) is 0 Å². The monoisotopic (exact) mass is 287 g/mol. The molecule has 0 aromatic carbocycles. The summed E-state index contributed by atoms with van der Waals surface area (Å²) in [7, 11) is 0. The number of hydrogen-bond acceptors (Lipinski definition) is 5. The lowest BCUT2D eigenvalue weighted by atomic mass is 9.90. The van der Waals surface area contributed by atoms with E-state index in [1.807, 2.05) is 11.3 Å². The van der Waals surface area contributed by atoms with Crippen LogP contribution in [0.15, 0.2) is 12.4 Å². The van der Waals surface area contributed by atoms with Crippen molar-refractivity contribution < 1.29 is 4.74 Å². The van der Waals surface area contributed by atoms with Crippen LogP contribution in [-0.2, 0) is 4.74 Å². The van der Waals surface area contributed by atoms with Crippen LogP contribution in [0.2, 0.25) is 0 Å².